The van der Waals surface area contributed by atoms with Gasteiger partial charge in [-0.2, -0.15) is 0 Å². The van der Waals surface area contributed by atoms with Crippen LogP contribution in [0.5, 0.6) is 0 Å². The molecule has 10 heteroatoms. The van der Waals surface area contributed by atoms with Gasteiger partial charge in [0.1, 0.15) is 5.60 Å². The molecule has 2 aliphatic rings. The molecular formula is C13H25N5O4S. The van der Waals surface area contributed by atoms with Gasteiger partial charge in [-0.1, -0.05) is 0 Å². The maximum absolute atomic E-state index is 12.1. The Morgan fingerprint density at radius 1 is 1.43 bits per heavy atom. The number of piperazine rings is 1. The summed E-state index contributed by atoms with van der Waals surface area (Å²) in [5.74, 6) is 0.525. The Bertz CT molecular complexity index is 584. The molecule has 0 bridgehead atoms. The number of hydrogen-bond acceptors (Lipinski definition) is 7. The number of nitrogens with one attached hydrogen (secondary N) is 1. The predicted octanol–water partition coefficient (Wildman–Crippen LogP) is -0.845. The Balaban J connectivity index is 1.84. The van der Waals surface area contributed by atoms with Gasteiger partial charge in [-0.3, -0.25) is 4.99 Å². The van der Waals surface area contributed by atoms with Crippen molar-refractivity contribution in [3.63, 3.8) is 0 Å². The average molecular weight is 347 g/mol. The molecule has 0 saturated carbocycles. The molecule has 1 amide bonds. The number of fused-ring (bicyclic) bond motifs is 1. The number of nitrogens with two attached hydrogens (primary N) is 1. The number of primary sulfonamides is 1. The Kier molecular flexibility index (Phi) is 5.04. The number of hydrogen-bond donors (Lipinski definition) is 2. The fraction of sp³-hybridized carbons (Fsp3) is 0.846. The minimum absolute atomic E-state index is 0.0910. The third-order valence-corrected chi connectivity index (χ3v) is 4.30. The van der Waals surface area contributed by atoms with Crippen LogP contribution in [0.25, 0.3) is 0 Å². The molecule has 0 aromatic heterocycles. The summed E-state index contributed by atoms with van der Waals surface area (Å²) in [6.45, 7) is 8.02. The summed E-state index contributed by atoms with van der Waals surface area (Å²) in [6, 6.07) is 0.0910. The molecule has 2 heterocycles. The first-order chi connectivity index (χ1) is 10.6. The molecule has 0 aromatic rings. The molecule has 1 atom stereocenters. The van der Waals surface area contributed by atoms with Crippen LogP contribution < -0.4 is 10.5 Å². The van der Waals surface area contributed by atoms with E-state index in [0.29, 0.717) is 32.1 Å². The van der Waals surface area contributed by atoms with Crippen LogP contribution in [-0.2, 0) is 14.8 Å². The van der Waals surface area contributed by atoms with Gasteiger partial charge >= 0.3 is 6.09 Å². The zero-order valence-corrected chi connectivity index (χ0v) is 14.6. The fourth-order valence-corrected chi connectivity index (χ4v) is 2.91. The van der Waals surface area contributed by atoms with Crippen molar-refractivity contribution >= 4 is 22.1 Å². The summed E-state index contributed by atoms with van der Waals surface area (Å²) in [7, 11) is -3.49. The quantitative estimate of drug-likeness (QED) is 0.687. The standard InChI is InChI=1S/C13H25N5O4S/c1-13(2,3)22-12(19)17-5-6-18-10(9-17)8-16-11(18)15-4-7-23(14,20)21/h10H,4-9H2,1-3H3,(H,15,16)(H2,14,20,21). The van der Waals surface area contributed by atoms with Gasteiger partial charge in [0.2, 0.25) is 10.0 Å². The highest BCUT2D eigenvalue weighted by Gasteiger charge is 2.36. The van der Waals surface area contributed by atoms with E-state index in [4.69, 9.17) is 9.88 Å². The fourth-order valence-electron chi connectivity index (χ4n) is 2.53. The number of sulfonamides is 1. The first-order valence-electron chi connectivity index (χ1n) is 7.58. The van der Waals surface area contributed by atoms with Crippen molar-refractivity contribution in [1.29, 1.82) is 0 Å². The van der Waals surface area contributed by atoms with E-state index < -0.39 is 15.6 Å². The summed E-state index contributed by atoms with van der Waals surface area (Å²) >= 11 is 0. The van der Waals surface area contributed by atoms with Crippen LogP contribution >= 0.6 is 0 Å². The number of nitrogens with zero attached hydrogens (tertiary/aromatic N) is 3. The average Bonchev–Trinajstić information content (AvgIpc) is 2.78. The van der Waals surface area contributed by atoms with E-state index in [9.17, 15) is 13.2 Å². The second kappa shape index (κ2) is 6.52. The lowest BCUT2D eigenvalue weighted by molar-refractivity contribution is 0.0137. The molecule has 0 aliphatic carbocycles. The van der Waals surface area contributed by atoms with E-state index in [1.165, 1.54) is 0 Å². The Hall–Kier alpha value is -1.55. The van der Waals surface area contributed by atoms with E-state index in [-0.39, 0.29) is 24.4 Å². The van der Waals surface area contributed by atoms with Gasteiger partial charge in [-0.25, -0.2) is 18.4 Å². The number of carbonyl (C=O) groups excluding carboxylic acids is 1. The smallest absolute Gasteiger partial charge is 0.410 e. The highest BCUT2D eigenvalue weighted by Crippen LogP contribution is 2.18. The van der Waals surface area contributed by atoms with Crippen molar-refractivity contribution in [3.8, 4) is 0 Å². The highest BCUT2D eigenvalue weighted by molar-refractivity contribution is 7.89. The molecule has 9 nitrogen and oxygen atoms in total. The van der Waals surface area contributed by atoms with Crippen molar-refractivity contribution in [2.75, 3.05) is 38.5 Å². The van der Waals surface area contributed by atoms with Gasteiger partial charge in [-0.15, -0.1) is 0 Å². The minimum atomic E-state index is -3.49. The van der Waals surface area contributed by atoms with Crippen molar-refractivity contribution in [2.45, 2.75) is 32.4 Å². The molecule has 1 fully saturated rings. The molecule has 2 rings (SSSR count). The highest BCUT2D eigenvalue weighted by atomic mass is 32.2. The number of guanidine groups is 1. The lowest BCUT2D eigenvalue weighted by Gasteiger charge is -2.39. The molecule has 1 saturated heterocycles. The number of rotatable bonds is 3. The van der Waals surface area contributed by atoms with E-state index in [1.54, 1.807) is 4.90 Å². The van der Waals surface area contributed by atoms with Crippen LogP contribution in [0.3, 0.4) is 0 Å². The van der Waals surface area contributed by atoms with Crippen LogP contribution in [0.2, 0.25) is 0 Å². The third-order valence-electron chi connectivity index (χ3n) is 3.53. The van der Waals surface area contributed by atoms with Gasteiger partial charge in [0.25, 0.3) is 0 Å². The van der Waals surface area contributed by atoms with Gasteiger partial charge in [0, 0.05) is 26.2 Å². The Morgan fingerprint density at radius 2 is 2.13 bits per heavy atom. The normalized spacial score (nSPS) is 21.7. The zero-order chi connectivity index (χ0) is 17.3. The van der Waals surface area contributed by atoms with Crippen molar-refractivity contribution in [2.24, 2.45) is 10.1 Å². The summed E-state index contributed by atoms with van der Waals surface area (Å²) in [4.78, 5) is 20.3. The monoisotopic (exact) mass is 347 g/mol. The van der Waals surface area contributed by atoms with Crippen LogP contribution in [0, 0.1) is 0 Å². The number of ether oxygens (including phenoxy) is 1. The molecule has 23 heavy (non-hydrogen) atoms. The minimum Gasteiger partial charge on any atom is -0.444 e. The Labute approximate surface area is 136 Å². The summed E-state index contributed by atoms with van der Waals surface area (Å²) in [6.07, 6.45) is -0.312. The largest absolute Gasteiger partial charge is 0.444 e. The van der Waals surface area contributed by atoms with Crippen molar-refractivity contribution in [3.05, 3.63) is 0 Å². The number of aliphatic imine (C=N–C) groups is 1. The lowest BCUT2D eigenvalue weighted by Crippen LogP contribution is -2.57. The molecule has 0 aromatic carbocycles. The SMILES string of the molecule is CC(C)(C)OC(=O)N1CCN2C(NCCS(N)(=O)=O)=NCC2C1. The summed E-state index contributed by atoms with van der Waals surface area (Å²) in [5.41, 5.74) is -0.513. The first-order valence-corrected chi connectivity index (χ1v) is 9.30. The summed E-state index contributed by atoms with van der Waals surface area (Å²) in [5, 5.41) is 7.98. The van der Waals surface area contributed by atoms with Crippen molar-refractivity contribution < 1.29 is 17.9 Å². The topological polar surface area (TPSA) is 117 Å². The molecule has 2 aliphatic heterocycles. The third kappa shape index (κ3) is 5.24. The van der Waals surface area contributed by atoms with Crippen LogP contribution in [0.15, 0.2) is 4.99 Å². The van der Waals surface area contributed by atoms with Gasteiger partial charge in [0.15, 0.2) is 5.96 Å². The molecule has 132 valence electrons. The van der Waals surface area contributed by atoms with Crippen LogP contribution in [-0.4, -0.2) is 80.4 Å². The van der Waals surface area contributed by atoms with E-state index in [2.05, 4.69) is 15.2 Å². The predicted molar refractivity (Wildman–Crippen MR) is 86.6 cm³/mol. The zero-order valence-electron chi connectivity index (χ0n) is 13.8. The molecular weight excluding hydrogens is 322 g/mol. The molecule has 0 radical (unpaired) electrons. The van der Waals surface area contributed by atoms with E-state index in [1.807, 2.05) is 20.8 Å². The van der Waals surface area contributed by atoms with E-state index in [0.717, 1.165) is 0 Å². The molecule has 3 N–H and O–H groups in total. The maximum atomic E-state index is 12.1. The van der Waals surface area contributed by atoms with Crippen LogP contribution in [0.1, 0.15) is 20.8 Å². The summed E-state index contributed by atoms with van der Waals surface area (Å²) < 4.78 is 27.3. The first kappa shape index (κ1) is 17.8. The molecule has 1 unspecified atom stereocenters. The van der Waals surface area contributed by atoms with E-state index >= 15 is 0 Å². The molecule has 0 spiro atoms. The lowest BCUT2D eigenvalue weighted by atomic mass is 10.2. The second-order valence-corrected chi connectivity index (χ2v) is 8.47. The Morgan fingerprint density at radius 3 is 2.74 bits per heavy atom. The maximum Gasteiger partial charge on any atom is 0.410 e. The number of amides is 1. The van der Waals surface area contributed by atoms with Gasteiger partial charge in [0.05, 0.1) is 18.3 Å². The number of carbonyl (C=O) groups is 1. The van der Waals surface area contributed by atoms with Gasteiger partial charge in [-0.05, 0) is 20.8 Å². The van der Waals surface area contributed by atoms with Gasteiger partial charge < -0.3 is 19.9 Å². The van der Waals surface area contributed by atoms with Crippen LogP contribution in [0.4, 0.5) is 4.79 Å². The van der Waals surface area contributed by atoms with Crippen molar-refractivity contribution in [1.82, 2.24) is 15.1 Å². The second-order valence-electron chi connectivity index (χ2n) is 6.73.